The molecule has 0 aliphatic carbocycles. The Bertz CT molecular complexity index is 668. The van der Waals surface area contributed by atoms with E-state index in [1.807, 2.05) is 35.0 Å². The smallest absolute Gasteiger partial charge is 0.137 e. The molecule has 0 N–H and O–H groups in total. The molecule has 1 saturated heterocycles. The molecule has 1 fully saturated rings. The summed E-state index contributed by atoms with van der Waals surface area (Å²) in [7, 11) is 0. The second-order valence-electron chi connectivity index (χ2n) is 5.30. The highest BCUT2D eigenvalue weighted by molar-refractivity contribution is 5.65. The van der Waals surface area contributed by atoms with Gasteiger partial charge in [-0.25, -0.2) is 0 Å². The van der Waals surface area contributed by atoms with Crippen LogP contribution in [0, 0.1) is 11.3 Å². The standard InChI is InChI=1S/C16H17N3O/c17-9-15-13(11-19-8-4-2-6-16(15)19)10-18-7-3-1-5-14(18)12-20/h2,4,6,8,11-12,14H,1,3,5,7,10H2. The zero-order valence-electron chi connectivity index (χ0n) is 11.3. The molecule has 4 heteroatoms. The van der Waals surface area contributed by atoms with Crippen molar-refractivity contribution in [1.29, 1.82) is 5.26 Å². The van der Waals surface area contributed by atoms with Crippen molar-refractivity contribution in [3.05, 3.63) is 41.7 Å². The maximum Gasteiger partial charge on any atom is 0.137 e. The Balaban J connectivity index is 1.94. The predicted molar refractivity (Wildman–Crippen MR) is 76.2 cm³/mol. The van der Waals surface area contributed by atoms with Crippen LogP contribution in [0.25, 0.3) is 5.52 Å². The zero-order valence-corrected chi connectivity index (χ0v) is 11.3. The lowest BCUT2D eigenvalue weighted by molar-refractivity contribution is -0.113. The topological polar surface area (TPSA) is 48.5 Å². The molecule has 1 aliphatic heterocycles. The van der Waals surface area contributed by atoms with Crippen molar-refractivity contribution >= 4 is 11.8 Å². The zero-order chi connectivity index (χ0) is 13.9. The highest BCUT2D eigenvalue weighted by Crippen LogP contribution is 2.23. The van der Waals surface area contributed by atoms with Gasteiger partial charge in [-0.05, 0) is 31.5 Å². The fourth-order valence-corrected chi connectivity index (χ4v) is 3.01. The highest BCUT2D eigenvalue weighted by Gasteiger charge is 2.23. The van der Waals surface area contributed by atoms with Gasteiger partial charge in [0.1, 0.15) is 12.4 Å². The van der Waals surface area contributed by atoms with Crippen LogP contribution in [0.3, 0.4) is 0 Å². The molecule has 102 valence electrons. The molecule has 2 aromatic heterocycles. The van der Waals surface area contributed by atoms with Crippen LogP contribution in [0.1, 0.15) is 30.4 Å². The number of likely N-dealkylation sites (tertiary alicyclic amines) is 1. The first kappa shape index (κ1) is 12.9. The van der Waals surface area contributed by atoms with Crippen molar-refractivity contribution in [2.45, 2.75) is 31.8 Å². The molecular formula is C16H17N3O. The van der Waals surface area contributed by atoms with Gasteiger partial charge in [0, 0.05) is 24.5 Å². The van der Waals surface area contributed by atoms with E-state index in [1.54, 1.807) is 0 Å². The highest BCUT2D eigenvalue weighted by atomic mass is 16.1. The average molecular weight is 267 g/mol. The molecule has 2 aromatic rings. The molecule has 0 aromatic carbocycles. The monoisotopic (exact) mass is 267 g/mol. The number of aldehydes is 1. The number of nitriles is 1. The molecule has 0 amide bonds. The van der Waals surface area contributed by atoms with Gasteiger partial charge in [0.25, 0.3) is 0 Å². The molecule has 20 heavy (non-hydrogen) atoms. The molecule has 0 saturated carbocycles. The summed E-state index contributed by atoms with van der Waals surface area (Å²) in [6, 6.07) is 8.15. The molecule has 1 unspecified atom stereocenters. The van der Waals surface area contributed by atoms with Crippen LogP contribution in [0.4, 0.5) is 0 Å². The third-order valence-corrected chi connectivity index (χ3v) is 4.07. The molecule has 0 radical (unpaired) electrons. The first-order valence-corrected chi connectivity index (χ1v) is 7.01. The van der Waals surface area contributed by atoms with Gasteiger partial charge < -0.3 is 9.20 Å². The maximum atomic E-state index is 11.2. The Kier molecular flexibility index (Phi) is 3.53. The number of fused-ring (bicyclic) bond motifs is 1. The van der Waals surface area contributed by atoms with E-state index in [2.05, 4.69) is 11.0 Å². The van der Waals surface area contributed by atoms with E-state index in [0.29, 0.717) is 6.54 Å². The molecule has 0 bridgehead atoms. The Hall–Kier alpha value is -2.12. The van der Waals surface area contributed by atoms with E-state index in [0.717, 1.165) is 48.7 Å². The molecule has 1 aliphatic rings. The molecule has 4 nitrogen and oxygen atoms in total. The van der Waals surface area contributed by atoms with E-state index in [4.69, 9.17) is 0 Å². The number of aromatic nitrogens is 1. The number of carbonyl (C=O) groups excluding carboxylic acids is 1. The normalized spacial score (nSPS) is 19.9. The summed E-state index contributed by atoms with van der Waals surface area (Å²) in [6.07, 6.45) is 8.17. The lowest BCUT2D eigenvalue weighted by Crippen LogP contribution is -2.39. The van der Waals surface area contributed by atoms with Crippen LogP contribution < -0.4 is 0 Å². The molecule has 3 rings (SSSR count). The number of carbonyl (C=O) groups is 1. The number of pyridine rings is 1. The van der Waals surface area contributed by atoms with Crippen molar-refractivity contribution < 1.29 is 4.79 Å². The molecule has 3 heterocycles. The van der Waals surface area contributed by atoms with E-state index in [9.17, 15) is 10.1 Å². The Morgan fingerprint density at radius 2 is 2.30 bits per heavy atom. The lowest BCUT2D eigenvalue weighted by Gasteiger charge is -2.31. The van der Waals surface area contributed by atoms with E-state index in [-0.39, 0.29) is 6.04 Å². The minimum absolute atomic E-state index is 0.00157. The number of piperidine rings is 1. The number of hydrogen-bond donors (Lipinski definition) is 0. The number of nitrogens with zero attached hydrogens (tertiary/aromatic N) is 3. The SMILES string of the molecule is N#Cc1c(CN2CCCCC2C=O)cn2ccccc12. The molecular weight excluding hydrogens is 250 g/mol. The summed E-state index contributed by atoms with van der Waals surface area (Å²) < 4.78 is 1.98. The lowest BCUT2D eigenvalue weighted by atomic mass is 10.0. The van der Waals surface area contributed by atoms with Crippen molar-refractivity contribution in [3.63, 3.8) is 0 Å². The van der Waals surface area contributed by atoms with Crippen molar-refractivity contribution in [2.24, 2.45) is 0 Å². The van der Waals surface area contributed by atoms with E-state index in [1.165, 1.54) is 0 Å². The van der Waals surface area contributed by atoms with Crippen LogP contribution in [0.2, 0.25) is 0 Å². The van der Waals surface area contributed by atoms with Gasteiger partial charge in [0.15, 0.2) is 0 Å². The fourth-order valence-electron chi connectivity index (χ4n) is 3.01. The largest absolute Gasteiger partial charge is 0.322 e. The van der Waals surface area contributed by atoms with Gasteiger partial charge in [-0.15, -0.1) is 0 Å². The van der Waals surface area contributed by atoms with Crippen molar-refractivity contribution in [1.82, 2.24) is 9.30 Å². The molecule has 0 spiro atoms. The van der Waals surface area contributed by atoms with Gasteiger partial charge in [-0.1, -0.05) is 12.5 Å². The Morgan fingerprint density at radius 3 is 3.10 bits per heavy atom. The summed E-state index contributed by atoms with van der Waals surface area (Å²) in [6.45, 7) is 1.61. The third kappa shape index (κ3) is 2.21. The van der Waals surface area contributed by atoms with Crippen molar-refractivity contribution in [2.75, 3.05) is 6.54 Å². The van der Waals surface area contributed by atoms with Crippen molar-refractivity contribution in [3.8, 4) is 6.07 Å². The predicted octanol–water partition coefficient (Wildman–Crippen LogP) is 2.36. The van der Waals surface area contributed by atoms with Crippen LogP contribution >= 0.6 is 0 Å². The first-order valence-electron chi connectivity index (χ1n) is 7.01. The minimum atomic E-state index is -0.00157. The van der Waals surface area contributed by atoms with Gasteiger partial charge in [0.05, 0.1) is 17.1 Å². The van der Waals surface area contributed by atoms with Gasteiger partial charge >= 0.3 is 0 Å². The van der Waals surface area contributed by atoms with Crippen LogP contribution in [-0.4, -0.2) is 28.2 Å². The Morgan fingerprint density at radius 1 is 1.40 bits per heavy atom. The number of rotatable bonds is 3. The molecule has 1 atom stereocenters. The van der Waals surface area contributed by atoms with Gasteiger partial charge in [-0.3, -0.25) is 4.90 Å². The van der Waals surface area contributed by atoms with E-state index >= 15 is 0 Å². The summed E-state index contributed by atoms with van der Waals surface area (Å²) in [5, 5.41) is 9.41. The second-order valence-corrected chi connectivity index (χ2v) is 5.30. The minimum Gasteiger partial charge on any atom is -0.322 e. The summed E-state index contributed by atoms with van der Waals surface area (Å²) in [5.74, 6) is 0. The third-order valence-electron chi connectivity index (χ3n) is 4.07. The number of hydrogen-bond acceptors (Lipinski definition) is 3. The van der Waals surface area contributed by atoms with Crippen LogP contribution in [0.15, 0.2) is 30.6 Å². The summed E-state index contributed by atoms with van der Waals surface area (Å²) in [4.78, 5) is 13.4. The van der Waals surface area contributed by atoms with E-state index < -0.39 is 0 Å². The second kappa shape index (κ2) is 5.48. The summed E-state index contributed by atoms with van der Waals surface area (Å²) in [5.41, 5.74) is 2.66. The maximum absolute atomic E-state index is 11.2. The van der Waals surface area contributed by atoms with Gasteiger partial charge in [-0.2, -0.15) is 5.26 Å². The first-order chi connectivity index (χ1) is 9.83. The average Bonchev–Trinajstić information content (AvgIpc) is 2.85. The summed E-state index contributed by atoms with van der Waals surface area (Å²) >= 11 is 0. The Labute approximate surface area is 118 Å². The quantitative estimate of drug-likeness (QED) is 0.802. The van der Waals surface area contributed by atoms with Gasteiger partial charge in [0.2, 0.25) is 0 Å². The van der Waals surface area contributed by atoms with Crippen LogP contribution in [-0.2, 0) is 11.3 Å². The fraction of sp³-hybridized carbons (Fsp3) is 0.375. The van der Waals surface area contributed by atoms with Crippen LogP contribution in [0.5, 0.6) is 0 Å².